The first kappa shape index (κ1) is 16.1. The van der Waals surface area contributed by atoms with Gasteiger partial charge in [-0.15, -0.1) is 0 Å². The summed E-state index contributed by atoms with van der Waals surface area (Å²) in [4.78, 5) is 24.9. The third-order valence-electron chi connectivity index (χ3n) is 3.71. The van der Waals surface area contributed by atoms with E-state index in [4.69, 9.17) is 9.84 Å². The van der Waals surface area contributed by atoms with E-state index in [9.17, 15) is 9.59 Å². The van der Waals surface area contributed by atoms with Gasteiger partial charge >= 0.3 is 5.97 Å². The molecule has 1 aromatic rings. The Balaban J connectivity index is 2.03. The monoisotopic (exact) mass is 303 g/mol. The Morgan fingerprint density at radius 2 is 2.18 bits per heavy atom. The predicted molar refractivity (Wildman–Crippen MR) is 83.6 cm³/mol. The zero-order valence-electron chi connectivity index (χ0n) is 12.7. The lowest BCUT2D eigenvalue weighted by atomic mass is 9.98. The van der Waals surface area contributed by atoms with Crippen molar-refractivity contribution in [2.45, 2.75) is 19.8 Å². The molecule has 0 aromatic heterocycles. The predicted octanol–water partition coefficient (Wildman–Crippen LogP) is 2.42. The summed E-state index contributed by atoms with van der Waals surface area (Å²) in [5, 5.41) is 9.07. The Bertz CT molecular complexity index is 568. The maximum absolute atomic E-state index is 12.2. The Labute approximate surface area is 130 Å². The van der Waals surface area contributed by atoms with Crippen LogP contribution >= 0.6 is 0 Å². The third kappa shape index (κ3) is 4.10. The zero-order valence-corrected chi connectivity index (χ0v) is 12.7. The number of ether oxygens (including phenoxy) is 1. The molecule has 2 rings (SSSR count). The van der Waals surface area contributed by atoms with E-state index < -0.39 is 11.9 Å². The van der Waals surface area contributed by atoms with Gasteiger partial charge in [0.15, 0.2) is 0 Å². The van der Waals surface area contributed by atoms with E-state index in [2.05, 4.69) is 0 Å². The smallest absolute Gasteiger partial charge is 0.308 e. The molecule has 118 valence electrons. The van der Waals surface area contributed by atoms with E-state index in [1.807, 2.05) is 31.2 Å². The molecule has 1 saturated heterocycles. The van der Waals surface area contributed by atoms with Gasteiger partial charge in [0.1, 0.15) is 5.75 Å². The number of piperidine rings is 1. The highest BCUT2D eigenvalue weighted by Crippen LogP contribution is 2.20. The number of carboxylic acid groups (broad SMARTS) is 1. The van der Waals surface area contributed by atoms with E-state index >= 15 is 0 Å². The fourth-order valence-electron chi connectivity index (χ4n) is 2.55. The molecule has 1 amide bonds. The topological polar surface area (TPSA) is 66.8 Å². The molecule has 5 heteroatoms. The van der Waals surface area contributed by atoms with Gasteiger partial charge in [-0.25, -0.2) is 0 Å². The molecular weight excluding hydrogens is 282 g/mol. The van der Waals surface area contributed by atoms with Crippen LogP contribution < -0.4 is 4.74 Å². The summed E-state index contributed by atoms with van der Waals surface area (Å²) in [7, 11) is 0. The van der Waals surface area contributed by atoms with Gasteiger partial charge < -0.3 is 14.7 Å². The van der Waals surface area contributed by atoms with Crippen molar-refractivity contribution >= 4 is 18.0 Å². The van der Waals surface area contributed by atoms with Crippen LogP contribution in [-0.2, 0) is 9.59 Å². The van der Waals surface area contributed by atoms with Gasteiger partial charge in [-0.2, -0.15) is 0 Å². The molecule has 0 bridgehead atoms. The number of carbonyl (C=O) groups is 2. The number of likely N-dealkylation sites (tertiary alicyclic amines) is 1. The second kappa shape index (κ2) is 7.64. The first-order chi connectivity index (χ1) is 10.6. The number of hydrogen-bond donors (Lipinski definition) is 1. The summed E-state index contributed by atoms with van der Waals surface area (Å²) in [6, 6.07) is 7.50. The number of amides is 1. The van der Waals surface area contributed by atoms with E-state index in [1.54, 1.807) is 11.0 Å². The number of hydrogen-bond acceptors (Lipinski definition) is 3. The molecule has 1 atom stereocenters. The van der Waals surface area contributed by atoms with Gasteiger partial charge in [-0.05, 0) is 31.9 Å². The van der Waals surface area contributed by atoms with Crippen LogP contribution in [-0.4, -0.2) is 41.6 Å². The molecule has 22 heavy (non-hydrogen) atoms. The van der Waals surface area contributed by atoms with Crippen LogP contribution in [0.2, 0.25) is 0 Å². The van der Waals surface area contributed by atoms with Crippen LogP contribution in [0.25, 0.3) is 6.08 Å². The minimum Gasteiger partial charge on any atom is -0.493 e. The van der Waals surface area contributed by atoms with Gasteiger partial charge in [-0.3, -0.25) is 9.59 Å². The number of aliphatic carboxylic acids is 1. The highest BCUT2D eigenvalue weighted by Gasteiger charge is 2.27. The molecule has 1 aliphatic rings. The van der Waals surface area contributed by atoms with Crippen LogP contribution in [0.5, 0.6) is 5.75 Å². The van der Waals surface area contributed by atoms with Crippen LogP contribution in [0.1, 0.15) is 25.3 Å². The van der Waals surface area contributed by atoms with Gasteiger partial charge in [0.05, 0.1) is 12.5 Å². The van der Waals surface area contributed by atoms with Crippen LogP contribution in [0.15, 0.2) is 30.3 Å². The molecule has 1 aliphatic heterocycles. The first-order valence-electron chi connectivity index (χ1n) is 7.53. The molecule has 0 aliphatic carbocycles. The van der Waals surface area contributed by atoms with Crippen molar-refractivity contribution in [3.8, 4) is 5.75 Å². The van der Waals surface area contributed by atoms with Crippen molar-refractivity contribution in [2.75, 3.05) is 19.7 Å². The van der Waals surface area contributed by atoms with Gasteiger partial charge in [0.25, 0.3) is 0 Å². The minimum atomic E-state index is -0.830. The van der Waals surface area contributed by atoms with Gasteiger partial charge in [-0.1, -0.05) is 18.2 Å². The lowest BCUT2D eigenvalue weighted by Gasteiger charge is -2.29. The average molecular weight is 303 g/mol. The molecule has 1 heterocycles. The third-order valence-corrected chi connectivity index (χ3v) is 3.71. The number of nitrogens with zero attached hydrogens (tertiary/aromatic N) is 1. The number of carboxylic acids is 1. The Morgan fingerprint density at radius 3 is 2.91 bits per heavy atom. The van der Waals surface area contributed by atoms with Crippen molar-refractivity contribution in [3.63, 3.8) is 0 Å². The summed E-state index contributed by atoms with van der Waals surface area (Å²) in [6.07, 6.45) is 4.57. The van der Waals surface area contributed by atoms with E-state index in [0.717, 1.165) is 17.7 Å². The van der Waals surface area contributed by atoms with Crippen molar-refractivity contribution in [3.05, 3.63) is 35.9 Å². The van der Waals surface area contributed by atoms with Crippen LogP contribution in [0.3, 0.4) is 0 Å². The summed E-state index contributed by atoms with van der Waals surface area (Å²) in [5.41, 5.74) is 0.837. The number of rotatable bonds is 5. The van der Waals surface area contributed by atoms with Crippen molar-refractivity contribution in [1.82, 2.24) is 4.90 Å². The molecule has 0 spiro atoms. The normalized spacial score (nSPS) is 18.4. The molecular formula is C17H21NO4. The lowest BCUT2D eigenvalue weighted by molar-refractivity contribution is -0.144. The fourth-order valence-corrected chi connectivity index (χ4v) is 2.55. The maximum Gasteiger partial charge on any atom is 0.308 e. The highest BCUT2D eigenvalue weighted by molar-refractivity contribution is 5.92. The van der Waals surface area contributed by atoms with Crippen molar-refractivity contribution in [2.24, 2.45) is 5.92 Å². The quantitative estimate of drug-likeness (QED) is 0.848. The molecule has 1 aromatic carbocycles. The summed E-state index contributed by atoms with van der Waals surface area (Å²) < 4.78 is 5.51. The summed E-state index contributed by atoms with van der Waals surface area (Å²) in [5.74, 6) is -0.710. The van der Waals surface area contributed by atoms with E-state index in [0.29, 0.717) is 19.6 Å². The fraction of sp³-hybridized carbons (Fsp3) is 0.412. The minimum absolute atomic E-state index is 0.155. The van der Waals surface area contributed by atoms with E-state index in [-0.39, 0.29) is 12.5 Å². The molecule has 5 nitrogen and oxygen atoms in total. The lowest BCUT2D eigenvalue weighted by Crippen LogP contribution is -2.41. The second-order valence-corrected chi connectivity index (χ2v) is 5.27. The molecule has 1 N–H and O–H groups in total. The highest BCUT2D eigenvalue weighted by atomic mass is 16.5. The van der Waals surface area contributed by atoms with Crippen molar-refractivity contribution < 1.29 is 19.4 Å². The Hall–Kier alpha value is -2.30. The van der Waals surface area contributed by atoms with Crippen LogP contribution in [0, 0.1) is 5.92 Å². The number of para-hydroxylation sites is 1. The second-order valence-electron chi connectivity index (χ2n) is 5.27. The largest absolute Gasteiger partial charge is 0.493 e. The molecule has 0 unspecified atom stereocenters. The number of benzene rings is 1. The zero-order chi connectivity index (χ0) is 15.9. The maximum atomic E-state index is 12.2. The van der Waals surface area contributed by atoms with Gasteiger partial charge in [0, 0.05) is 24.7 Å². The SMILES string of the molecule is CCOc1ccccc1/C=C/C(=O)N1CCC[C@@H](C(=O)O)C1. The van der Waals surface area contributed by atoms with E-state index in [1.165, 1.54) is 6.08 Å². The van der Waals surface area contributed by atoms with Crippen LogP contribution in [0.4, 0.5) is 0 Å². The molecule has 0 saturated carbocycles. The first-order valence-corrected chi connectivity index (χ1v) is 7.53. The number of carbonyl (C=O) groups excluding carboxylic acids is 1. The molecule has 1 fully saturated rings. The van der Waals surface area contributed by atoms with Crippen molar-refractivity contribution in [1.29, 1.82) is 0 Å². The van der Waals surface area contributed by atoms with Gasteiger partial charge in [0.2, 0.25) is 5.91 Å². The average Bonchev–Trinajstić information content (AvgIpc) is 2.54. The molecule has 0 radical (unpaired) electrons. The Morgan fingerprint density at radius 1 is 1.41 bits per heavy atom. The standard InChI is InChI=1S/C17H21NO4/c1-2-22-15-8-4-3-6-13(15)9-10-16(19)18-11-5-7-14(12-18)17(20)21/h3-4,6,8-10,14H,2,5,7,11-12H2,1H3,(H,20,21)/b10-9+/t14-/m1/s1. The Kier molecular flexibility index (Phi) is 5.58. The summed E-state index contributed by atoms with van der Waals surface area (Å²) >= 11 is 0. The summed E-state index contributed by atoms with van der Waals surface area (Å²) in [6.45, 7) is 3.36.